The van der Waals surface area contributed by atoms with Crippen LogP contribution >= 0.6 is 0 Å². The van der Waals surface area contributed by atoms with Crippen LogP contribution in [0.25, 0.3) is 0 Å². The number of amides is 2. The van der Waals surface area contributed by atoms with Gasteiger partial charge in [0.25, 0.3) is 6.47 Å². The quantitative estimate of drug-likeness (QED) is 0.0133. The molecule has 24 heteroatoms. The number of nitrogens with two attached hydrogens (primary N) is 1. The van der Waals surface area contributed by atoms with Crippen LogP contribution in [0.2, 0.25) is 0 Å². The van der Waals surface area contributed by atoms with Gasteiger partial charge in [-0.15, -0.1) is 0 Å². The second kappa shape index (κ2) is 28.5. The summed E-state index contributed by atoms with van der Waals surface area (Å²) in [6, 6.07) is 31.8. The number of oxime groups is 1. The minimum atomic E-state index is -2.59. The Morgan fingerprint density at radius 1 is 0.577 bits per heavy atom. The normalized spacial score (nSPS) is 26.1. The molecule has 9 fully saturated rings. The number of aromatic nitrogens is 4. The fourth-order valence-electron chi connectivity index (χ4n) is 13.9. The molecule has 0 bridgehead atoms. The van der Waals surface area contributed by atoms with Crippen LogP contribution in [0.15, 0.2) is 105 Å². The predicted molar refractivity (Wildman–Crippen MR) is 349 cm³/mol. The van der Waals surface area contributed by atoms with Crippen LogP contribution in [0.5, 0.6) is 0 Å². The molecule has 0 radical (unpaired) electrons. The smallest absolute Gasteiger partial charge is 0.410 e. The number of halogens is 6. The first-order valence-corrected chi connectivity index (χ1v) is 34.8. The van der Waals surface area contributed by atoms with Crippen molar-refractivity contribution >= 4 is 24.5 Å². The van der Waals surface area contributed by atoms with Crippen molar-refractivity contribution in [3.8, 4) is 0 Å². The van der Waals surface area contributed by atoms with Crippen LogP contribution in [0, 0.1) is 5.41 Å². The maximum atomic E-state index is 13.6. The van der Waals surface area contributed by atoms with Crippen LogP contribution in [-0.2, 0) is 29.8 Å². The number of benzene rings is 3. The van der Waals surface area contributed by atoms with E-state index in [4.69, 9.17) is 29.5 Å². The molecular weight excluding hydrogens is 1260 g/mol. The molecule has 3 aromatic carbocycles. The maximum Gasteiger partial charge on any atom is 0.410 e. The summed E-state index contributed by atoms with van der Waals surface area (Å²) in [5.41, 5.74) is 7.79. The van der Waals surface area contributed by atoms with Crippen molar-refractivity contribution in [3.63, 3.8) is 0 Å². The molecule has 4 N–H and O–H groups in total. The van der Waals surface area contributed by atoms with E-state index in [0.29, 0.717) is 80.7 Å². The monoisotopic (exact) mass is 1360 g/mol. The van der Waals surface area contributed by atoms with Crippen LogP contribution in [0.3, 0.4) is 0 Å². The third-order valence-electron chi connectivity index (χ3n) is 20.8. The lowest BCUT2D eigenvalue weighted by Gasteiger charge is -2.30. The lowest BCUT2D eigenvalue weighted by Crippen LogP contribution is -2.45. The van der Waals surface area contributed by atoms with Gasteiger partial charge < -0.3 is 49.3 Å². The van der Waals surface area contributed by atoms with E-state index in [1.165, 1.54) is 23.1 Å². The molecule has 14 rings (SSSR count). The van der Waals surface area contributed by atoms with E-state index in [9.17, 15) is 40.7 Å². The zero-order chi connectivity index (χ0) is 69.2. The summed E-state index contributed by atoms with van der Waals surface area (Å²) in [5.74, 6) is -4.02. The average Bonchev–Trinajstić information content (AvgIpc) is 1.60. The summed E-state index contributed by atoms with van der Waals surface area (Å²) in [4.78, 5) is 48.8. The number of alkyl halides is 6. The molecule has 9 saturated carbocycles. The second-order valence-corrected chi connectivity index (χ2v) is 30.9. The summed E-state index contributed by atoms with van der Waals surface area (Å²) in [5, 5.41) is 24.4. The van der Waals surface area contributed by atoms with Gasteiger partial charge in [0.15, 0.2) is 11.6 Å². The van der Waals surface area contributed by atoms with E-state index in [-0.39, 0.29) is 116 Å². The number of hydrogen-bond donors (Lipinski definition) is 3. The molecule has 0 spiro atoms. The highest BCUT2D eigenvalue weighted by atomic mass is 19.3. The van der Waals surface area contributed by atoms with E-state index in [2.05, 4.69) is 90.1 Å². The van der Waals surface area contributed by atoms with Gasteiger partial charge in [0.05, 0.1) is 5.41 Å². The highest BCUT2D eigenvalue weighted by Gasteiger charge is 2.57. The van der Waals surface area contributed by atoms with Gasteiger partial charge in [-0.25, -0.2) is 35.9 Å². The highest BCUT2D eigenvalue weighted by molar-refractivity contribution is 5.89. The highest BCUT2D eigenvalue weighted by Crippen LogP contribution is 2.55. The van der Waals surface area contributed by atoms with E-state index in [1.807, 2.05) is 82.8 Å². The van der Waals surface area contributed by atoms with Gasteiger partial charge in [-0.05, 0) is 155 Å². The van der Waals surface area contributed by atoms with Gasteiger partial charge in [-0.2, -0.15) is 9.97 Å². The summed E-state index contributed by atoms with van der Waals surface area (Å²) < 4.78 is 106. The largest absolute Gasteiger partial charge is 0.465 e. The Labute approximate surface area is 563 Å². The van der Waals surface area contributed by atoms with Gasteiger partial charge >= 0.3 is 12.2 Å². The molecule has 2 aromatic heterocycles. The topological polar surface area (TPSA) is 234 Å². The lowest BCUT2D eigenvalue weighted by molar-refractivity contribution is -0.140. The van der Waals surface area contributed by atoms with Gasteiger partial charge in [-0.3, -0.25) is 4.79 Å². The van der Waals surface area contributed by atoms with E-state index < -0.39 is 34.4 Å². The SMILES string of the molecule is CC(C)(C)OC(=O)N(CC1(C(N)=NO)CC1)[C@@H]1C[C@H]1c1ccccc1.CC(C)(C)OC(=O)N(CC1(c2noc(C3CCC(F)(F)CC3)n2)CC1)[C@@H]1C[C@H]1c1ccccc1.FC1(F)CCC(c2nc(C3(CN[C@@H]4C[C@H]4c4ccccc4)CC3)no2)CC1.O=COC1CCC(F)(F)CC1. The summed E-state index contributed by atoms with van der Waals surface area (Å²) >= 11 is 0. The van der Waals surface area contributed by atoms with Crippen molar-refractivity contribution in [1.29, 1.82) is 0 Å². The van der Waals surface area contributed by atoms with Crippen molar-refractivity contribution in [1.82, 2.24) is 35.4 Å². The average molecular weight is 1360 g/mol. The Hall–Kier alpha value is -7.24. The second-order valence-electron chi connectivity index (χ2n) is 30.9. The minimum absolute atomic E-state index is 0.0134. The number of carbonyl (C=O) groups is 3. The number of carbonyl (C=O) groups excluding carboxylic acids is 3. The molecule has 0 saturated heterocycles. The molecule has 0 unspecified atom stereocenters. The third-order valence-corrected chi connectivity index (χ3v) is 20.8. The van der Waals surface area contributed by atoms with Crippen molar-refractivity contribution in [2.24, 2.45) is 16.3 Å². The molecule has 5 aromatic rings. The minimum Gasteiger partial charge on any atom is -0.465 e. The Morgan fingerprint density at radius 2 is 0.969 bits per heavy atom. The van der Waals surface area contributed by atoms with Crippen molar-refractivity contribution in [3.05, 3.63) is 131 Å². The summed E-state index contributed by atoms with van der Waals surface area (Å²) in [6.07, 6.45) is 8.91. The van der Waals surface area contributed by atoms with Gasteiger partial charge in [0, 0.05) is 117 Å². The fraction of sp³-hybridized carbons (Fsp3) is 0.644. The van der Waals surface area contributed by atoms with Crippen LogP contribution in [0.4, 0.5) is 35.9 Å². The zero-order valence-electron chi connectivity index (χ0n) is 56.6. The lowest BCUT2D eigenvalue weighted by atomic mass is 9.87. The number of hydrogen-bond acceptors (Lipinski definition) is 15. The number of nitrogens with zero attached hydrogens (tertiary/aromatic N) is 7. The van der Waals surface area contributed by atoms with E-state index >= 15 is 0 Å². The van der Waals surface area contributed by atoms with E-state index in [1.54, 1.807) is 4.90 Å². The molecule has 9 aliphatic rings. The van der Waals surface area contributed by atoms with Crippen LogP contribution < -0.4 is 11.1 Å². The molecular formula is C73H95F6N9O9. The first kappa shape index (κ1) is 71.1. The van der Waals surface area contributed by atoms with Crippen molar-refractivity contribution in [2.45, 2.75) is 270 Å². The molecule has 97 heavy (non-hydrogen) atoms. The third kappa shape index (κ3) is 18.8. The maximum absolute atomic E-state index is 13.6. The fourth-order valence-corrected chi connectivity index (χ4v) is 13.9. The molecule has 9 aliphatic carbocycles. The number of rotatable bonds is 19. The number of ether oxygens (including phenoxy) is 3. The molecule has 6 atom stereocenters. The van der Waals surface area contributed by atoms with Crippen LogP contribution in [-0.4, -0.2) is 133 Å². The predicted octanol–water partition coefficient (Wildman–Crippen LogP) is 15.8. The van der Waals surface area contributed by atoms with Gasteiger partial charge in [0.2, 0.25) is 29.5 Å². The Morgan fingerprint density at radius 3 is 1.35 bits per heavy atom. The van der Waals surface area contributed by atoms with Crippen LogP contribution in [0.1, 0.15) is 246 Å². The zero-order valence-corrected chi connectivity index (χ0v) is 56.6. The van der Waals surface area contributed by atoms with Crippen molar-refractivity contribution in [2.75, 3.05) is 19.6 Å². The van der Waals surface area contributed by atoms with Gasteiger partial charge in [0.1, 0.15) is 23.1 Å². The standard InChI is InChI=1S/C26H33F2N3O3.C21H25F2N3O.C19H27N3O3.C7H10F2O2/c1-24(2,3)33-23(32)31(20-15-19(20)17-7-5-4-6-8-17)16-25(13-14-25)22-29-21(34-30-22)18-9-11-26(27,28)12-10-18;22-21(23)8-6-15(7-9-21)18-25-19(26-27-18)20(10-11-20)13-24-17-12-16(17)14-4-2-1-3-5-14;1-18(2,3)25-17(23)22(12-19(9-10-19)16(20)21-24)15-11-14(15)13-7-5-4-6-8-13;8-7(9)3-1-6(2-4-7)11-5-10/h4-8,18-20H,9-16H2,1-3H3;1-5,15-17,24H,6-13H2;4-8,14-15,24H,9-12H2,1-3H3,(H2,20,21);5-6H,1-4H2/t19-,20+;16-,17+;14-,15+;/m000./s1. The summed E-state index contributed by atoms with van der Waals surface area (Å²) in [6.45, 7) is 13.3. The molecule has 2 heterocycles. The van der Waals surface area contributed by atoms with Crippen molar-refractivity contribution < 1.29 is 69.2 Å². The summed E-state index contributed by atoms with van der Waals surface area (Å²) in [7, 11) is 0. The first-order valence-electron chi connectivity index (χ1n) is 34.8. The van der Waals surface area contributed by atoms with E-state index in [0.717, 1.165) is 63.7 Å². The Bertz CT molecular complexity index is 3450. The van der Waals surface area contributed by atoms with Gasteiger partial charge in [-0.1, -0.05) is 106 Å². The number of amidine groups is 1. The first-order chi connectivity index (χ1) is 46.0. The Kier molecular flexibility index (Phi) is 20.9. The molecule has 18 nitrogen and oxygen atoms in total. The molecule has 0 aliphatic heterocycles. The molecule has 528 valence electrons. The molecule has 2 amide bonds. The number of nitrogens with one attached hydrogen (secondary N) is 1. The Balaban J connectivity index is 0.000000138.